The lowest BCUT2D eigenvalue weighted by Gasteiger charge is -2.36. The highest BCUT2D eigenvalue weighted by Crippen LogP contribution is 2.29. The number of hydrogen-bond acceptors (Lipinski definition) is 5. The SMILES string of the molecule is Cc1nnnn1CCC(=O)N1C[C@H]2CC[C@@H]1CN(Cc1ccc(F)cc1)C2. The lowest BCUT2D eigenvalue weighted by atomic mass is 9.94. The van der Waals surface area contributed by atoms with Gasteiger partial charge in [0.25, 0.3) is 0 Å². The van der Waals surface area contributed by atoms with Crippen LogP contribution >= 0.6 is 0 Å². The number of benzene rings is 1. The van der Waals surface area contributed by atoms with Gasteiger partial charge >= 0.3 is 0 Å². The van der Waals surface area contributed by atoms with Crippen LogP contribution in [0.1, 0.15) is 30.7 Å². The fourth-order valence-electron chi connectivity index (χ4n) is 4.26. The molecule has 144 valence electrons. The van der Waals surface area contributed by atoms with Crippen molar-refractivity contribution in [2.75, 3.05) is 19.6 Å². The van der Waals surface area contributed by atoms with E-state index in [1.807, 2.05) is 19.1 Å². The molecule has 0 spiro atoms. The van der Waals surface area contributed by atoms with Crippen LogP contribution in [-0.2, 0) is 17.9 Å². The Labute approximate surface area is 158 Å². The summed E-state index contributed by atoms with van der Waals surface area (Å²) in [6.45, 7) is 5.86. The summed E-state index contributed by atoms with van der Waals surface area (Å²) in [5.74, 6) is 1.21. The molecular formula is C19H25FN6O. The number of amides is 1. The molecule has 0 unspecified atom stereocenters. The van der Waals surface area contributed by atoms with Crippen LogP contribution in [0.2, 0.25) is 0 Å². The number of fused-ring (bicyclic) bond motifs is 4. The minimum Gasteiger partial charge on any atom is -0.338 e. The monoisotopic (exact) mass is 372 g/mol. The highest BCUT2D eigenvalue weighted by atomic mass is 19.1. The van der Waals surface area contributed by atoms with Crippen LogP contribution in [0.15, 0.2) is 24.3 Å². The largest absolute Gasteiger partial charge is 0.338 e. The Kier molecular flexibility index (Phi) is 5.15. The van der Waals surface area contributed by atoms with E-state index in [0.29, 0.717) is 18.9 Å². The minimum absolute atomic E-state index is 0.184. The predicted octanol–water partition coefficient (Wildman–Crippen LogP) is 1.63. The van der Waals surface area contributed by atoms with Gasteiger partial charge in [-0.3, -0.25) is 9.69 Å². The zero-order valence-electron chi connectivity index (χ0n) is 15.6. The highest BCUT2D eigenvalue weighted by Gasteiger charge is 2.36. The van der Waals surface area contributed by atoms with Gasteiger partial charge in [-0.05, 0) is 53.8 Å². The van der Waals surface area contributed by atoms with E-state index in [-0.39, 0.29) is 17.8 Å². The van der Waals surface area contributed by atoms with Gasteiger partial charge in [-0.25, -0.2) is 9.07 Å². The molecule has 4 heterocycles. The number of carbonyl (C=O) groups is 1. The van der Waals surface area contributed by atoms with Crippen LogP contribution in [0.4, 0.5) is 4.39 Å². The fourth-order valence-corrected chi connectivity index (χ4v) is 4.26. The lowest BCUT2D eigenvalue weighted by molar-refractivity contribution is -0.135. The fraction of sp³-hybridized carbons (Fsp3) is 0.579. The zero-order chi connectivity index (χ0) is 18.8. The van der Waals surface area contributed by atoms with Gasteiger partial charge in [0, 0.05) is 38.6 Å². The molecular weight excluding hydrogens is 347 g/mol. The number of piperidine rings is 1. The molecule has 8 heteroatoms. The van der Waals surface area contributed by atoms with Crippen molar-refractivity contribution in [3.05, 3.63) is 41.5 Å². The Morgan fingerprint density at radius 2 is 2.00 bits per heavy atom. The number of halogens is 1. The van der Waals surface area contributed by atoms with E-state index in [0.717, 1.165) is 44.0 Å². The van der Waals surface area contributed by atoms with Gasteiger partial charge in [-0.15, -0.1) is 5.10 Å². The van der Waals surface area contributed by atoms with Gasteiger partial charge < -0.3 is 4.90 Å². The Hall–Kier alpha value is -2.35. The Morgan fingerprint density at radius 3 is 2.74 bits per heavy atom. The maximum atomic E-state index is 13.1. The number of carbonyl (C=O) groups excluding carboxylic acids is 1. The molecule has 0 N–H and O–H groups in total. The highest BCUT2D eigenvalue weighted by molar-refractivity contribution is 5.76. The van der Waals surface area contributed by atoms with E-state index in [2.05, 4.69) is 25.3 Å². The maximum absolute atomic E-state index is 13.1. The third-order valence-electron chi connectivity index (χ3n) is 5.68. The number of tetrazole rings is 1. The van der Waals surface area contributed by atoms with Crippen molar-refractivity contribution >= 4 is 5.91 Å². The molecule has 3 saturated heterocycles. The van der Waals surface area contributed by atoms with Gasteiger partial charge in [0.2, 0.25) is 5.91 Å². The van der Waals surface area contributed by atoms with Crippen molar-refractivity contribution in [2.45, 2.75) is 45.3 Å². The van der Waals surface area contributed by atoms with Gasteiger partial charge in [0.1, 0.15) is 11.6 Å². The minimum atomic E-state index is -0.204. The zero-order valence-corrected chi connectivity index (χ0v) is 15.6. The molecule has 27 heavy (non-hydrogen) atoms. The van der Waals surface area contributed by atoms with E-state index >= 15 is 0 Å². The summed E-state index contributed by atoms with van der Waals surface area (Å²) in [6.07, 6.45) is 2.65. The number of nitrogens with zero attached hydrogens (tertiary/aromatic N) is 6. The van der Waals surface area contributed by atoms with Crippen LogP contribution in [0.3, 0.4) is 0 Å². The molecule has 1 aromatic heterocycles. The van der Waals surface area contributed by atoms with E-state index < -0.39 is 0 Å². The van der Waals surface area contributed by atoms with E-state index in [9.17, 15) is 9.18 Å². The molecule has 3 aliphatic heterocycles. The Morgan fingerprint density at radius 1 is 1.19 bits per heavy atom. The average Bonchev–Trinajstić information content (AvgIpc) is 2.87. The summed E-state index contributed by atoms with van der Waals surface area (Å²) < 4.78 is 14.8. The summed E-state index contributed by atoms with van der Waals surface area (Å²) >= 11 is 0. The first-order valence-electron chi connectivity index (χ1n) is 9.57. The quantitative estimate of drug-likeness (QED) is 0.798. The number of rotatable bonds is 5. The summed E-state index contributed by atoms with van der Waals surface area (Å²) in [5, 5.41) is 11.4. The Bertz CT molecular complexity index is 792. The van der Waals surface area contributed by atoms with Crippen LogP contribution in [0.5, 0.6) is 0 Å². The molecule has 1 amide bonds. The van der Waals surface area contributed by atoms with Gasteiger partial charge in [-0.1, -0.05) is 12.1 Å². The molecule has 0 radical (unpaired) electrons. The van der Waals surface area contributed by atoms with Crippen molar-refractivity contribution in [3.8, 4) is 0 Å². The molecule has 1 aromatic carbocycles. The summed E-state index contributed by atoms with van der Waals surface area (Å²) in [7, 11) is 0. The third kappa shape index (κ3) is 4.16. The number of aryl methyl sites for hydroxylation is 2. The van der Waals surface area contributed by atoms with Crippen LogP contribution < -0.4 is 0 Å². The normalized spacial score (nSPS) is 22.8. The molecule has 2 bridgehead atoms. The Balaban J connectivity index is 1.38. The predicted molar refractivity (Wildman–Crippen MR) is 97.1 cm³/mol. The lowest BCUT2D eigenvalue weighted by Crippen LogP contribution is -2.47. The van der Waals surface area contributed by atoms with E-state index in [4.69, 9.17) is 0 Å². The van der Waals surface area contributed by atoms with Gasteiger partial charge in [0.15, 0.2) is 0 Å². The van der Waals surface area contributed by atoms with E-state index in [1.165, 1.54) is 18.6 Å². The van der Waals surface area contributed by atoms with Crippen molar-refractivity contribution in [2.24, 2.45) is 5.92 Å². The van der Waals surface area contributed by atoms with Crippen molar-refractivity contribution in [1.29, 1.82) is 0 Å². The molecule has 0 saturated carbocycles. The van der Waals surface area contributed by atoms with Crippen LogP contribution in [-0.4, -0.2) is 61.6 Å². The maximum Gasteiger partial charge on any atom is 0.224 e. The van der Waals surface area contributed by atoms with Crippen molar-refractivity contribution in [3.63, 3.8) is 0 Å². The van der Waals surface area contributed by atoms with Crippen molar-refractivity contribution < 1.29 is 9.18 Å². The molecule has 3 aliphatic rings. The topological polar surface area (TPSA) is 67.2 Å². The average molecular weight is 372 g/mol. The van der Waals surface area contributed by atoms with E-state index in [1.54, 1.807) is 4.68 Å². The van der Waals surface area contributed by atoms with Crippen LogP contribution in [0.25, 0.3) is 0 Å². The second kappa shape index (κ2) is 7.72. The molecule has 2 aromatic rings. The smallest absolute Gasteiger partial charge is 0.224 e. The second-order valence-electron chi connectivity index (χ2n) is 7.66. The molecule has 5 rings (SSSR count). The molecule has 7 nitrogen and oxygen atoms in total. The first-order chi connectivity index (χ1) is 13.1. The summed E-state index contributed by atoms with van der Waals surface area (Å²) in [6, 6.07) is 6.97. The van der Waals surface area contributed by atoms with Gasteiger partial charge in [0.05, 0.1) is 6.54 Å². The van der Waals surface area contributed by atoms with Crippen molar-refractivity contribution in [1.82, 2.24) is 30.0 Å². The summed E-state index contributed by atoms with van der Waals surface area (Å²) in [5.41, 5.74) is 1.12. The molecule has 0 aliphatic carbocycles. The third-order valence-corrected chi connectivity index (χ3v) is 5.68. The molecule has 3 fully saturated rings. The first kappa shape index (κ1) is 18.0. The second-order valence-corrected chi connectivity index (χ2v) is 7.66. The van der Waals surface area contributed by atoms with Crippen LogP contribution in [0, 0.1) is 18.7 Å². The number of hydrogen-bond donors (Lipinski definition) is 0. The standard InChI is InChI=1S/C19H25FN6O/c1-14-21-22-23-26(14)9-8-19(27)25-12-16-4-7-18(25)13-24(11-16)10-15-2-5-17(20)6-3-15/h2-3,5-6,16,18H,4,7-13H2,1H3/t16-,18+/m0/s1. The first-order valence-corrected chi connectivity index (χ1v) is 9.57. The molecule has 2 atom stereocenters. The van der Waals surface area contributed by atoms with Gasteiger partial charge in [-0.2, -0.15) is 0 Å². The summed E-state index contributed by atoms with van der Waals surface area (Å²) in [4.78, 5) is 17.3. The number of aromatic nitrogens is 4.